The summed E-state index contributed by atoms with van der Waals surface area (Å²) in [4.78, 5) is 15.6. The molecular weight excluding hydrogens is 667 g/mol. The minimum Gasteiger partial charge on any atom is -0.491 e. The molecule has 0 aliphatic carbocycles. The Bertz CT molecular complexity index is 1990. The second kappa shape index (κ2) is 12.1. The highest BCUT2D eigenvalue weighted by molar-refractivity contribution is 7.23. The Labute approximate surface area is 283 Å². The van der Waals surface area contributed by atoms with Crippen LogP contribution in [0.1, 0.15) is 37.7 Å². The Hall–Kier alpha value is -3.61. The number of hydrogen-bond acceptors (Lipinski definition) is 11. The van der Waals surface area contributed by atoms with Gasteiger partial charge in [-0.2, -0.15) is 15.2 Å². The number of benzene rings is 2. The molecule has 4 aliphatic rings. The first-order valence-electron chi connectivity index (χ1n) is 16.1. The first-order valence-corrected chi connectivity index (χ1v) is 17.3. The molecule has 0 saturated carbocycles. The van der Waals surface area contributed by atoms with E-state index in [0.29, 0.717) is 51.3 Å². The summed E-state index contributed by atoms with van der Waals surface area (Å²) in [5, 5.41) is 20.3. The molecule has 2 aromatic carbocycles. The van der Waals surface area contributed by atoms with Crippen molar-refractivity contribution in [1.82, 2.24) is 19.8 Å². The highest BCUT2D eigenvalue weighted by Crippen LogP contribution is 2.51. The minimum atomic E-state index is -0.953. The van der Waals surface area contributed by atoms with Crippen molar-refractivity contribution in [3.63, 3.8) is 0 Å². The van der Waals surface area contributed by atoms with Crippen LogP contribution in [-0.2, 0) is 0 Å². The minimum absolute atomic E-state index is 0.0278. The molecule has 3 saturated heterocycles. The molecule has 15 heteroatoms. The van der Waals surface area contributed by atoms with Crippen molar-refractivity contribution in [2.75, 3.05) is 63.3 Å². The summed E-state index contributed by atoms with van der Waals surface area (Å²) in [6.07, 6.45) is 2.39. The average Bonchev–Trinajstić information content (AvgIpc) is 3.66. The SMILES string of the molecule is N#Cc1c(N)sc2c(F)ccc(-c3c(Cl)c4c5c(nc(OC[C@@]67CCCN6C[C@H](F)C7)nc5c3F)N3CCN(CO)CCC3CCO4)c12. The van der Waals surface area contributed by atoms with Crippen LogP contribution in [0.3, 0.4) is 0 Å². The lowest BCUT2D eigenvalue weighted by Gasteiger charge is -2.35. The van der Waals surface area contributed by atoms with Crippen molar-refractivity contribution >= 4 is 54.7 Å². The van der Waals surface area contributed by atoms with E-state index in [4.69, 9.17) is 31.8 Å². The maximum Gasteiger partial charge on any atom is 0.319 e. The summed E-state index contributed by atoms with van der Waals surface area (Å²) >= 11 is 7.97. The number of nitrogens with two attached hydrogens (primary N) is 1. The van der Waals surface area contributed by atoms with Crippen LogP contribution in [0.25, 0.3) is 32.1 Å². The number of aromatic nitrogens is 2. The van der Waals surface area contributed by atoms with E-state index in [1.807, 2.05) is 11.0 Å². The van der Waals surface area contributed by atoms with Gasteiger partial charge in [-0.25, -0.2) is 13.2 Å². The normalized spacial score (nSPS) is 24.5. The molecule has 2 aromatic heterocycles. The first kappa shape index (κ1) is 31.6. The standard InChI is InChI=1S/C33H33ClF3N7O3S/c34-25-23(19-2-3-21(36)29-22(19)20(13-38)30(39)48-29)26(37)27-24-28(25)46-11-5-18-4-8-42(16-45)9-10-44(18)31(24)41-32(40-27)47-15-33-6-1-7-43(33)14-17(35)12-33/h2-3,17-18,45H,1,4-12,14-16,39H2/t17-,18?,33+/m1/s1. The number of halogens is 4. The van der Waals surface area contributed by atoms with Gasteiger partial charge in [0.05, 0.1) is 39.5 Å². The average molecular weight is 700 g/mol. The van der Waals surface area contributed by atoms with Crippen LogP contribution in [-0.4, -0.2) is 95.3 Å². The lowest BCUT2D eigenvalue weighted by atomic mass is 9.95. The maximum absolute atomic E-state index is 17.2. The van der Waals surface area contributed by atoms with Crippen molar-refractivity contribution in [3.8, 4) is 29.0 Å². The number of nitriles is 1. The molecule has 6 heterocycles. The molecule has 3 fully saturated rings. The number of nitrogens with zero attached hydrogens (tertiary/aromatic N) is 6. The predicted molar refractivity (Wildman–Crippen MR) is 177 cm³/mol. The molecular formula is C33H33ClF3N7O3S. The van der Waals surface area contributed by atoms with E-state index in [1.54, 1.807) is 0 Å². The predicted octanol–water partition coefficient (Wildman–Crippen LogP) is 5.47. The number of fused-ring (bicyclic) bond motifs is 4. The quantitative estimate of drug-likeness (QED) is 0.277. The molecule has 8 rings (SSSR count). The molecule has 0 spiro atoms. The molecule has 3 N–H and O–H groups in total. The van der Waals surface area contributed by atoms with Crippen LogP contribution in [0, 0.1) is 23.0 Å². The summed E-state index contributed by atoms with van der Waals surface area (Å²) in [5.41, 5.74) is 5.61. The first-order chi connectivity index (χ1) is 23.2. The Morgan fingerprint density at radius 2 is 2.04 bits per heavy atom. The smallest absolute Gasteiger partial charge is 0.319 e. The van der Waals surface area contributed by atoms with E-state index in [2.05, 4.69) is 14.8 Å². The summed E-state index contributed by atoms with van der Waals surface area (Å²) in [5.74, 6) is -0.852. The Morgan fingerprint density at radius 3 is 2.85 bits per heavy atom. The van der Waals surface area contributed by atoms with Crippen LogP contribution in [0.4, 0.5) is 24.0 Å². The van der Waals surface area contributed by atoms with E-state index >= 15 is 8.78 Å². The van der Waals surface area contributed by atoms with Crippen LogP contribution in [0.5, 0.6) is 11.8 Å². The number of rotatable bonds is 5. The number of hydrogen-bond donors (Lipinski definition) is 2. The fourth-order valence-electron chi connectivity index (χ4n) is 8.08. The fraction of sp³-hybridized carbons (Fsp3) is 0.485. The Kier molecular flexibility index (Phi) is 7.95. The summed E-state index contributed by atoms with van der Waals surface area (Å²) in [7, 11) is 0. The molecule has 48 heavy (non-hydrogen) atoms. The van der Waals surface area contributed by atoms with Crippen molar-refractivity contribution in [2.24, 2.45) is 0 Å². The van der Waals surface area contributed by atoms with Gasteiger partial charge in [0.15, 0.2) is 11.6 Å². The summed E-state index contributed by atoms with van der Waals surface area (Å²) in [6.45, 7) is 3.12. The largest absolute Gasteiger partial charge is 0.491 e. The molecule has 10 nitrogen and oxygen atoms in total. The van der Waals surface area contributed by atoms with Gasteiger partial charge < -0.3 is 25.2 Å². The van der Waals surface area contributed by atoms with E-state index in [9.17, 15) is 14.8 Å². The number of aliphatic hydroxyl groups is 1. The van der Waals surface area contributed by atoms with Gasteiger partial charge in [-0.05, 0) is 37.4 Å². The Balaban J connectivity index is 1.35. The molecule has 3 atom stereocenters. The molecule has 4 aliphatic heterocycles. The van der Waals surface area contributed by atoms with Crippen LogP contribution < -0.4 is 20.1 Å². The molecule has 4 aromatic rings. The molecule has 0 amide bonds. The van der Waals surface area contributed by atoms with Crippen molar-refractivity contribution in [2.45, 2.75) is 49.9 Å². The van der Waals surface area contributed by atoms with E-state index < -0.39 is 23.3 Å². The molecule has 0 radical (unpaired) electrons. The zero-order valence-corrected chi connectivity index (χ0v) is 27.5. The highest BCUT2D eigenvalue weighted by Gasteiger charge is 2.49. The topological polar surface area (TPSA) is 124 Å². The van der Waals surface area contributed by atoms with Gasteiger partial charge in [-0.15, -0.1) is 11.3 Å². The van der Waals surface area contributed by atoms with Crippen molar-refractivity contribution < 1.29 is 27.8 Å². The number of thiophene rings is 1. The van der Waals surface area contributed by atoms with Gasteiger partial charge in [0, 0.05) is 56.0 Å². The van der Waals surface area contributed by atoms with Crippen molar-refractivity contribution in [3.05, 3.63) is 34.4 Å². The van der Waals surface area contributed by atoms with Gasteiger partial charge >= 0.3 is 6.01 Å². The van der Waals surface area contributed by atoms with Crippen molar-refractivity contribution in [1.29, 1.82) is 5.26 Å². The number of alkyl halides is 1. The second-order valence-electron chi connectivity index (χ2n) is 13.0. The Morgan fingerprint density at radius 1 is 1.19 bits per heavy atom. The molecule has 0 bridgehead atoms. The number of aliphatic hydroxyl groups excluding tert-OH is 1. The summed E-state index contributed by atoms with van der Waals surface area (Å²) in [6, 6.07) is 4.50. The van der Waals surface area contributed by atoms with Gasteiger partial charge in [0.25, 0.3) is 0 Å². The van der Waals surface area contributed by atoms with E-state index in [0.717, 1.165) is 30.7 Å². The van der Waals surface area contributed by atoms with E-state index in [1.165, 1.54) is 12.1 Å². The molecule has 252 valence electrons. The zero-order chi connectivity index (χ0) is 33.3. The third kappa shape index (κ3) is 4.93. The maximum atomic E-state index is 17.2. The van der Waals surface area contributed by atoms with Crippen LogP contribution >= 0.6 is 22.9 Å². The fourth-order valence-corrected chi connectivity index (χ4v) is 9.37. The third-order valence-electron chi connectivity index (χ3n) is 10.4. The monoisotopic (exact) mass is 699 g/mol. The lowest BCUT2D eigenvalue weighted by molar-refractivity contribution is 0.107. The van der Waals surface area contributed by atoms with Gasteiger partial charge in [-0.1, -0.05) is 17.7 Å². The van der Waals surface area contributed by atoms with Crippen LogP contribution in [0.2, 0.25) is 5.02 Å². The second-order valence-corrected chi connectivity index (χ2v) is 14.5. The molecule has 1 unspecified atom stereocenters. The van der Waals surface area contributed by atoms with Gasteiger partial charge in [0.2, 0.25) is 0 Å². The van der Waals surface area contributed by atoms with Gasteiger partial charge in [-0.3, -0.25) is 9.80 Å². The van der Waals surface area contributed by atoms with E-state index in [-0.39, 0.29) is 85.4 Å². The number of nitrogen functional groups attached to an aromatic ring is 1. The number of ether oxygens (including phenoxy) is 2. The van der Waals surface area contributed by atoms with Crippen LogP contribution in [0.15, 0.2) is 12.1 Å². The number of anilines is 2. The van der Waals surface area contributed by atoms with Gasteiger partial charge in [0.1, 0.15) is 41.0 Å². The lowest BCUT2D eigenvalue weighted by Crippen LogP contribution is -2.43. The zero-order valence-electron chi connectivity index (χ0n) is 25.9. The summed E-state index contributed by atoms with van der Waals surface area (Å²) < 4.78 is 59.5. The highest BCUT2D eigenvalue weighted by atomic mass is 35.5. The third-order valence-corrected chi connectivity index (χ3v) is 11.8.